The quantitative estimate of drug-likeness (QED) is 0.308. The lowest BCUT2D eigenvalue weighted by Gasteiger charge is -2.41. The van der Waals surface area contributed by atoms with Gasteiger partial charge in [0.1, 0.15) is 11.4 Å². The number of ether oxygens (including phenoxy) is 2. The van der Waals surface area contributed by atoms with Gasteiger partial charge in [0.05, 0.1) is 11.6 Å². The van der Waals surface area contributed by atoms with Crippen molar-refractivity contribution in [2.45, 2.75) is 70.4 Å². The van der Waals surface area contributed by atoms with Crippen molar-refractivity contribution in [3.63, 3.8) is 0 Å². The molecule has 10 nitrogen and oxygen atoms in total. The third kappa shape index (κ3) is 7.48. The van der Waals surface area contributed by atoms with E-state index in [0.29, 0.717) is 43.1 Å². The first-order chi connectivity index (χ1) is 23.0. The van der Waals surface area contributed by atoms with Crippen LogP contribution in [0.5, 0.6) is 5.75 Å². The molecule has 3 aliphatic rings. The molecule has 3 aromatic rings. The Morgan fingerprint density at radius 2 is 1.71 bits per heavy atom. The maximum absolute atomic E-state index is 14.9. The average molecular weight is 653 g/mol. The van der Waals surface area contributed by atoms with Gasteiger partial charge in [0.15, 0.2) is 6.61 Å². The maximum atomic E-state index is 14.9. The van der Waals surface area contributed by atoms with Gasteiger partial charge in [-0.15, -0.1) is 0 Å². The summed E-state index contributed by atoms with van der Waals surface area (Å²) in [6.07, 6.45) is 2.48. The molecule has 252 valence electrons. The zero-order valence-corrected chi connectivity index (χ0v) is 27.9. The molecule has 1 aliphatic carbocycles. The maximum Gasteiger partial charge on any atom is 0.410 e. The van der Waals surface area contributed by atoms with Gasteiger partial charge >= 0.3 is 6.09 Å². The van der Waals surface area contributed by atoms with E-state index in [0.717, 1.165) is 29.5 Å². The highest BCUT2D eigenvalue weighted by Crippen LogP contribution is 2.43. The van der Waals surface area contributed by atoms with Crippen molar-refractivity contribution in [3.8, 4) is 16.9 Å². The number of nitrogens with two attached hydrogens (primary N) is 1. The molecule has 3 aromatic carbocycles. The van der Waals surface area contributed by atoms with Gasteiger partial charge in [-0.05, 0) is 87.3 Å². The molecule has 2 atom stereocenters. The van der Waals surface area contributed by atoms with Gasteiger partial charge in [-0.1, -0.05) is 54.6 Å². The third-order valence-corrected chi connectivity index (χ3v) is 9.12. The molecule has 2 heterocycles. The minimum Gasteiger partial charge on any atom is -0.482 e. The Labute approximate surface area is 281 Å². The molecule has 2 aliphatic heterocycles. The van der Waals surface area contributed by atoms with Crippen molar-refractivity contribution < 1.29 is 28.7 Å². The van der Waals surface area contributed by atoms with Crippen molar-refractivity contribution in [3.05, 3.63) is 78.4 Å². The number of nitrogens with zero attached hydrogens (tertiary/aromatic N) is 3. The Kier molecular flexibility index (Phi) is 9.44. The first-order valence-corrected chi connectivity index (χ1v) is 16.8. The number of benzene rings is 3. The van der Waals surface area contributed by atoms with E-state index in [9.17, 15) is 19.2 Å². The van der Waals surface area contributed by atoms with Crippen molar-refractivity contribution in [1.82, 2.24) is 4.90 Å². The average Bonchev–Trinajstić information content (AvgIpc) is 3.90. The predicted octanol–water partition coefficient (Wildman–Crippen LogP) is 5.88. The van der Waals surface area contributed by atoms with Crippen molar-refractivity contribution in [2.75, 3.05) is 36.0 Å². The van der Waals surface area contributed by atoms with Gasteiger partial charge in [0, 0.05) is 37.8 Å². The SMILES string of the molecule is CC(C)(C)OC(=O)N1CC[C@H](c2cccc(-c3ccccc3)c2)[C@@H](C(=O)N(c2ccc3c(c2)N(CCCC(N)=O)C(=O)CO3)C2CC2)C1. The van der Waals surface area contributed by atoms with E-state index in [4.69, 9.17) is 15.2 Å². The largest absolute Gasteiger partial charge is 0.482 e. The lowest BCUT2D eigenvalue weighted by Crippen LogP contribution is -2.51. The van der Waals surface area contributed by atoms with E-state index in [1.54, 1.807) is 15.9 Å². The van der Waals surface area contributed by atoms with Gasteiger partial charge in [-0.3, -0.25) is 14.4 Å². The van der Waals surface area contributed by atoms with Crippen LogP contribution in [0.1, 0.15) is 64.4 Å². The number of primary amides is 1. The van der Waals surface area contributed by atoms with Crippen molar-refractivity contribution in [1.29, 1.82) is 0 Å². The number of hydrogen-bond acceptors (Lipinski definition) is 6. The Bertz CT molecular complexity index is 1680. The number of hydrogen-bond donors (Lipinski definition) is 1. The Balaban J connectivity index is 1.34. The van der Waals surface area contributed by atoms with Gasteiger partial charge in [0.25, 0.3) is 5.91 Å². The van der Waals surface area contributed by atoms with E-state index < -0.39 is 23.5 Å². The summed E-state index contributed by atoms with van der Waals surface area (Å²) in [4.78, 5) is 57.7. The second-order valence-corrected chi connectivity index (χ2v) is 13.9. The lowest BCUT2D eigenvalue weighted by atomic mass is 9.79. The zero-order chi connectivity index (χ0) is 34.0. The second kappa shape index (κ2) is 13.7. The van der Waals surface area contributed by atoms with Gasteiger partial charge in [-0.25, -0.2) is 4.79 Å². The minimum absolute atomic E-state index is 0.00674. The summed E-state index contributed by atoms with van der Waals surface area (Å²) >= 11 is 0. The summed E-state index contributed by atoms with van der Waals surface area (Å²) in [6, 6.07) is 24.0. The topological polar surface area (TPSA) is 122 Å². The van der Waals surface area contributed by atoms with Crippen molar-refractivity contribution >= 4 is 35.2 Å². The van der Waals surface area contributed by atoms with Gasteiger partial charge in [-0.2, -0.15) is 0 Å². The fraction of sp³-hybridized carbons (Fsp3) is 0.421. The summed E-state index contributed by atoms with van der Waals surface area (Å²) in [5.41, 5.74) is 9.15. The first-order valence-electron chi connectivity index (χ1n) is 16.8. The summed E-state index contributed by atoms with van der Waals surface area (Å²) in [6.45, 7) is 6.43. The van der Waals surface area contributed by atoms with Crippen LogP contribution in [0.3, 0.4) is 0 Å². The number of anilines is 2. The Morgan fingerprint density at radius 1 is 0.958 bits per heavy atom. The van der Waals surface area contributed by atoms with E-state index in [1.807, 2.05) is 62.1 Å². The standard InChI is InChI=1S/C38H44N4O6/c1-38(2,3)48-37(46)40-20-18-30(27-12-7-11-26(21-27)25-9-5-4-6-10-25)31(23-40)36(45)42(28-14-15-28)29-16-17-33-32(22-29)41(35(44)24-47-33)19-8-13-34(39)43/h4-7,9-12,16-17,21-22,28,30-31H,8,13-15,18-20,23-24H2,1-3H3,(H2,39,43)/t30-,31+/m1/s1. The second-order valence-electron chi connectivity index (χ2n) is 13.9. The van der Waals surface area contributed by atoms with Crippen LogP contribution in [0.2, 0.25) is 0 Å². The van der Waals surface area contributed by atoms with Crippen LogP contribution in [-0.2, 0) is 19.1 Å². The smallest absolute Gasteiger partial charge is 0.410 e. The molecule has 2 N–H and O–H groups in total. The summed E-state index contributed by atoms with van der Waals surface area (Å²) in [5, 5.41) is 0. The molecule has 6 rings (SSSR count). The van der Waals surface area contributed by atoms with Crippen molar-refractivity contribution in [2.24, 2.45) is 11.7 Å². The number of amides is 4. The number of rotatable bonds is 9. The van der Waals surface area contributed by atoms with Crippen LogP contribution in [0.15, 0.2) is 72.8 Å². The number of likely N-dealkylation sites (tertiary alicyclic amines) is 1. The van der Waals surface area contributed by atoms with Crippen LogP contribution >= 0.6 is 0 Å². The zero-order valence-electron chi connectivity index (χ0n) is 27.9. The number of piperidine rings is 1. The van der Waals surface area contributed by atoms with Crippen LogP contribution in [-0.4, -0.2) is 66.6 Å². The van der Waals surface area contributed by atoms with Gasteiger partial charge in [0.2, 0.25) is 11.8 Å². The molecular weight excluding hydrogens is 608 g/mol. The number of carbonyl (C=O) groups excluding carboxylic acids is 4. The Hall–Kier alpha value is -4.86. The molecule has 10 heteroatoms. The molecule has 1 saturated heterocycles. The number of fused-ring (bicyclic) bond motifs is 1. The van der Waals surface area contributed by atoms with E-state index >= 15 is 0 Å². The minimum atomic E-state index is -0.663. The fourth-order valence-corrected chi connectivity index (χ4v) is 6.70. The van der Waals surface area contributed by atoms with E-state index in [2.05, 4.69) is 30.3 Å². The summed E-state index contributed by atoms with van der Waals surface area (Å²) < 4.78 is 11.5. The van der Waals surface area contributed by atoms with E-state index in [1.165, 1.54) is 0 Å². The molecule has 1 saturated carbocycles. The highest BCUT2D eigenvalue weighted by Gasteiger charge is 2.44. The first kappa shape index (κ1) is 33.1. The fourth-order valence-electron chi connectivity index (χ4n) is 6.70. The molecule has 0 aromatic heterocycles. The third-order valence-electron chi connectivity index (χ3n) is 9.12. The summed E-state index contributed by atoms with van der Waals surface area (Å²) in [5.74, 6) is -0.819. The normalized spacial score (nSPS) is 19.3. The molecule has 0 radical (unpaired) electrons. The molecule has 4 amide bonds. The monoisotopic (exact) mass is 652 g/mol. The predicted molar refractivity (Wildman–Crippen MR) is 184 cm³/mol. The number of carbonyl (C=O) groups is 4. The molecule has 2 fully saturated rings. The highest BCUT2D eigenvalue weighted by molar-refractivity contribution is 6.01. The molecule has 0 unspecified atom stereocenters. The van der Waals surface area contributed by atoms with Crippen LogP contribution < -0.4 is 20.3 Å². The summed E-state index contributed by atoms with van der Waals surface area (Å²) in [7, 11) is 0. The van der Waals surface area contributed by atoms with Crippen LogP contribution in [0.4, 0.5) is 16.2 Å². The van der Waals surface area contributed by atoms with Gasteiger partial charge < -0.3 is 29.9 Å². The Morgan fingerprint density at radius 3 is 2.42 bits per heavy atom. The lowest BCUT2D eigenvalue weighted by molar-refractivity contribution is -0.125. The molecule has 0 bridgehead atoms. The molecule has 0 spiro atoms. The van der Waals surface area contributed by atoms with Crippen LogP contribution in [0.25, 0.3) is 11.1 Å². The molecular formula is C38H44N4O6. The molecule has 48 heavy (non-hydrogen) atoms. The van der Waals surface area contributed by atoms with E-state index in [-0.39, 0.29) is 43.3 Å². The highest BCUT2D eigenvalue weighted by atomic mass is 16.6. The van der Waals surface area contributed by atoms with Crippen LogP contribution in [0, 0.1) is 5.92 Å².